The molecule has 1 heterocycles. The van der Waals surface area contributed by atoms with Crippen molar-refractivity contribution in [2.45, 2.75) is 18.8 Å². The van der Waals surface area contributed by atoms with Gasteiger partial charge in [-0.25, -0.2) is 5.90 Å². The van der Waals surface area contributed by atoms with Gasteiger partial charge in [0.25, 0.3) is 0 Å². The van der Waals surface area contributed by atoms with Crippen LogP contribution in [-0.4, -0.2) is 31.6 Å². The average Bonchev–Trinajstić information content (AvgIpc) is 2.73. The summed E-state index contributed by atoms with van der Waals surface area (Å²) in [6, 6.07) is 8.65. The molecule has 0 bridgehead atoms. The van der Waals surface area contributed by atoms with Crippen molar-refractivity contribution in [1.29, 1.82) is 0 Å². The summed E-state index contributed by atoms with van der Waals surface area (Å²) in [5, 5.41) is 0. The molecule has 88 valence electrons. The van der Waals surface area contributed by atoms with Gasteiger partial charge in [-0.05, 0) is 43.5 Å². The van der Waals surface area contributed by atoms with Crippen molar-refractivity contribution < 1.29 is 4.84 Å². The normalized spacial score (nSPS) is 21.5. The Balaban J connectivity index is 2.12. The molecule has 0 spiro atoms. The van der Waals surface area contributed by atoms with Gasteiger partial charge in [0.2, 0.25) is 0 Å². The fourth-order valence-electron chi connectivity index (χ4n) is 2.52. The van der Waals surface area contributed by atoms with Crippen LogP contribution in [0.5, 0.6) is 0 Å². The van der Waals surface area contributed by atoms with E-state index in [9.17, 15) is 0 Å². The van der Waals surface area contributed by atoms with Gasteiger partial charge in [-0.2, -0.15) is 0 Å². The fourth-order valence-corrected chi connectivity index (χ4v) is 2.52. The van der Waals surface area contributed by atoms with E-state index in [1.165, 1.54) is 30.6 Å². The number of nitrogens with two attached hydrogens (primary N) is 1. The Morgan fingerprint density at radius 3 is 2.94 bits per heavy atom. The van der Waals surface area contributed by atoms with Crippen LogP contribution in [0.25, 0.3) is 0 Å². The summed E-state index contributed by atoms with van der Waals surface area (Å²) in [7, 11) is 2.19. The van der Waals surface area contributed by atoms with Crippen molar-refractivity contribution >= 4 is 0 Å². The lowest BCUT2D eigenvalue weighted by molar-refractivity contribution is 0.141. The van der Waals surface area contributed by atoms with Crippen molar-refractivity contribution in [2.24, 2.45) is 5.90 Å². The first kappa shape index (κ1) is 11.6. The van der Waals surface area contributed by atoms with Gasteiger partial charge >= 0.3 is 0 Å². The van der Waals surface area contributed by atoms with Crippen LogP contribution in [0.2, 0.25) is 0 Å². The smallest absolute Gasteiger partial charge is 0.0719 e. The molecule has 1 aliphatic heterocycles. The Kier molecular flexibility index (Phi) is 3.93. The van der Waals surface area contributed by atoms with Gasteiger partial charge < -0.3 is 9.74 Å². The third kappa shape index (κ3) is 2.61. The zero-order valence-corrected chi connectivity index (χ0v) is 9.86. The number of likely N-dealkylation sites (N-methyl/N-ethyl adjacent to an activating group) is 1. The second kappa shape index (κ2) is 5.43. The van der Waals surface area contributed by atoms with E-state index in [2.05, 4.69) is 41.1 Å². The molecule has 3 nitrogen and oxygen atoms in total. The molecule has 1 aromatic carbocycles. The van der Waals surface area contributed by atoms with E-state index in [0.29, 0.717) is 12.5 Å². The third-order valence-electron chi connectivity index (χ3n) is 3.38. The molecular weight excluding hydrogens is 200 g/mol. The highest BCUT2D eigenvalue weighted by Crippen LogP contribution is 2.28. The van der Waals surface area contributed by atoms with Crippen LogP contribution in [0.1, 0.15) is 23.5 Å². The highest BCUT2D eigenvalue weighted by Gasteiger charge is 2.22. The summed E-state index contributed by atoms with van der Waals surface area (Å²) in [6.45, 7) is 2.96. The molecule has 1 unspecified atom stereocenters. The molecule has 1 saturated heterocycles. The molecule has 0 radical (unpaired) electrons. The molecule has 2 N–H and O–H groups in total. The lowest BCUT2D eigenvalue weighted by Crippen LogP contribution is -2.14. The van der Waals surface area contributed by atoms with E-state index in [4.69, 9.17) is 5.90 Å². The van der Waals surface area contributed by atoms with Crippen molar-refractivity contribution in [3.8, 4) is 0 Å². The fraction of sp³-hybridized carbons (Fsp3) is 0.538. The SMILES string of the molecule is CN1CCC(c2ccccc2CCON)C1. The molecule has 0 amide bonds. The Labute approximate surface area is 97.1 Å². The van der Waals surface area contributed by atoms with Gasteiger partial charge in [0.05, 0.1) is 6.61 Å². The van der Waals surface area contributed by atoms with Crippen LogP contribution in [0.15, 0.2) is 24.3 Å². The molecule has 1 aliphatic rings. The minimum absolute atomic E-state index is 0.597. The number of likely N-dealkylation sites (tertiary alicyclic amines) is 1. The molecule has 0 aliphatic carbocycles. The number of nitrogens with zero attached hydrogens (tertiary/aromatic N) is 1. The van der Waals surface area contributed by atoms with Crippen molar-refractivity contribution in [3.63, 3.8) is 0 Å². The summed E-state index contributed by atoms with van der Waals surface area (Å²) in [5.74, 6) is 5.77. The first-order valence-corrected chi connectivity index (χ1v) is 5.89. The number of benzene rings is 1. The monoisotopic (exact) mass is 220 g/mol. The first-order valence-electron chi connectivity index (χ1n) is 5.89. The summed E-state index contributed by atoms with van der Waals surface area (Å²) in [5.41, 5.74) is 2.86. The maximum Gasteiger partial charge on any atom is 0.0719 e. The van der Waals surface area contributed by atoms with Gasteiger partial charge in [0.1, 0.15) is 0 Å². The van der Waals surface area contributed by atoms with E-state index < -0.39 is 0 Å². The van der Waals surface area contributed by atoms with E-state index >= 15 is 0 Å². The lowest BCUT2D eigenvalue weighted by Gasteiger charge is -2.15. The maximum atomic E-state index is 5.09. The third-order valence-corrected chi connectivity index (χ3v) is 3.38. The zero-order chi connectivity index (χ0) is 11.4. The summed E-state index contributed by atoms with van der Waals surface area (Å²) < 4.78 is 0. The summed E-state index contributed by atoms with van der Waals surface area (Å²) in [4.78, 5) is 7.06. The average molecular weight is 220 g/mol. The highest BCUT2D eigenvalue weighted by atomic mass is 16.6. The Morgan fingerprint density at radius 1 is 1.44 bits per heavy atom. The van der Waals surface area contributed by atoms with E-state index in [1.54, 1.807) is 0 Å². The number of hydrogen-bond donors (Lipinski definition) is 1. The topological polar surface area (TPSA) is 38.5 Å². The first-order chi connectivity index (χ1) is 7.81. The Morgan fingerprint density at radius 2 is 2.25 bits per heavy atom. The second-order valence-electron chi connectivity index (χ2n) is 4.57. The Hall–Kier alpha value is -0.900. The van der Waals surface area contributed by atoms with E-state index in [-0.39, 0.29) is 0 Å². The molecule has 1 atom stereocenters. The van der Waals surface area contributed by atoms with Gasteiger partial charge in [0.15, 0.2) is 0 Å². The number of rotatable bonds is 4. The van der Waals surface area contributed by atoms with Gasteiger partial charge in [-0.15, -0.1) is 0 Å². The van der Waals surface area contributed by atoms with Crippen LogP contribution in [-0.2, 0) is 11.3 Å². The van der Waals surface area contributed by atoms with Crippen molar-refractivity contribution in [2.75, 3.05) is 26.7 Å². The molecule has 0 aromatic heterocycles. The van der Waals surface area contributed by atoms with Crippen LogP contribution < -0.4 is 5.90 Å². The minimum atomic E-state index is 0.597. The molecule has 16 heavy (non-hydrogen) atoms. The highest BCUT2D eigenvalue weighted by molar-refractivity contribution is 5.31. The standard InChI is InChI=1S/C13H20N2O/c1-15-8-6-12(10-15)13-5-3-2-4-11(13)7-9-16-14/h2-5,12H,6-10,14H2,1H3. The van der Waals surface area contributed by atoms with Crippen LogP contribution in [0, 0.1) is 0 Å². The molecule has 1 aromatic rings. The lowest BCUT2D eigenvalue weighted by atomic mass is 9.92. The van der Waals surface area contributed by atoms with Crippen LogP contribution >= 0.6 is 0 Å². The van der Waals surface area contributed by atoms with Crippen LogP contribution in [0.4, 0.5) is 0 Å². The van der Waals surface area contributed by atoms with Gasteiger partial charge in [0, 0.05) is 6.54 Å². The molecule has 0 saturated carbocycles. The number of hydrogen-bond acceptors (Lipinski definition) is 3. The van der Waals surface area contributed by atoms with Crippen LogP contribution in [0.3, 0.4) is 0 Å². The molecule has 3 heteroatoms. The summed E-state index contributed by atoms with van der Waals surface area (Å²) in [6.07, 6.45) is 2.17. The Bertz CT molecular complexity index is 340. The summed E-state index contributed by atoms with van der Waals surface area (Å²) >= 11 is 0. The molecule has 2 rings (SSSR count). The van der Waals surface area contributed by atoms with Gasteiger partial charge in [-0.3, -0.25) is 0 Å². The van der Waals surface area contributed by atoms with E-state index in [0.717, 1.165) is 6.42 Å². The minimum Gasteiger partial charge on any atom is -0.306 e. The predicted molar refractivity (Wildman–Crippen MR) is 65.1 cm³/mol. The van der Waals surface area contributed by atoms with E-state index in [1.807, 2.05) is 0 Å². The van der Waals surface area contributed by atoms with Crippen molar-refractivity contribution in [1.82, 2.24) is 4.90 Å². The maximum absolute atomic E-state index is 5.09. The van der Waals surface area contributed by atoms with Crippen molar-refractivity contribution in [3.05, 3.63) is 35.4 Å². The quantitative estimate of drug-likeness (QED) is 0.782. The second-order valence-corrected chi connectivity index (χ2v) is 4.57. The molecular formula is C13H20N2O. The zero-order valence-electron chi connectivity index (χ0n) is 9.86. The van der Waals surface area contributed by atoms with Gasteiger partial charge in [-0.1, -0.05) is 24.3 Å². The predicted octanol–water partition coefficient (Wildman–Crippen LogP) is 1.54. The largest absolute Gasteiger partial charge is 0.306 e. The molecule has 1 fully saturated rings.